The summed E-state index contributed by atoms with van der Waals surface area (Å²) in [4.78, 5) is 24.5. The van der Waals surface area contributed by atoms with E-state index in [1.807, 2.05) is 0 Å². The molecule has 136 valence electrons. The molecule has 4 N–H and O–H groups in total. The minimum absolute atomic E-state index is 0.0757. The van der Waals surface area contributed by atoms with Crippen molar-refractivity contribution in [2.24, 2.45) is 5.92 Å². The number of carbonyl (C=O) groups excluding carboxylic acids is 2. The molecule has 7 heteroatoms. The lowest BCUT2D eigenvalue weighted by atomic mass is 9.87. The van der Waals surface area contributed by atoms with Crippen molar-refractivity contribution >= 4 is 23.2 Å². The van der Waals surface area contributed by atoms with Gasteiger partial charge in [-0.05, 0) is 25.7 Å². The fraction of sp³-hybridized carbons (Fsp3) is 0.556. The van der Waals surface area contributed by atoms with Gasteiger partial charge in [0.05, 0.1) is 11.4 Å². The van der Waals surface area contributed by atoms with Gasteiger partial charge in [-0.3, -0.25) is 9.59 Å². The molecule has 0 bridgehead atoms. The molecule has 1 aromatic carbocycles. The van der Waals surface area contributed by atoms with Crippen molar-refractivity contribution in [2.45, 2.75) is 51.5 Å². The Kier molecular flexibility index (Phi) is 5.31. The number of carbonyl (C=O) groups is 2. The van der Waals surface area contributed by atoms with Gasteiger partial charge < -0.3 is 25.8 Å². The Morgan fingerprint density at radius 3 is 2.60 bits per heavy atom. The number of fused-ring (bicyclic) bond motifs is 1. The summed E-state index contributed by atoms with van der Waals surface area (Å²) < 4.78 is 10.5. The van der Waals surface area contributed by atoms with Gasteiger partial charge in [-0.25, -0.2) is 0 Å². The van der Waals surface area contributed by atoms with E-state index in [4.69, 9.17) is 15.2 Å². The third kappa shape index (κ3) is 4.35. The zero-order chi connectivity index (χ0) is 17.8. The van der Waals surface area contributed by atoms with Crippen LogP contribution in [0.1, 0.15) is 45.4 Å². The summed E-state index contributed by atoms with van der Waals surface area (Å²) in [6, 6.07) is 2.61. The lowest BCUT2D eigenvalue weighted by Crippen LogP contribution is -2.42. The molecule has 3 rings (SSSR count). The van der Waals surface area contributed by atoms with E-state index in [-0.39, 0.29) is 18.6 Å². The lowest BCUT2D eigenvalue weighted by molar-refractivity contribution is -0.126. The highest BCUT2D eigenvalue weighted by Crippen LogP contribution is 2.38. The van der Waals surface area contributed by atoms with Gasteiger partial charge in [-0.1, -0.05) is 19.3 Å². The molecule has 1 saturated carbocycles. The molecule has 1 atom stereocenters. The normalized spacial score (nSPS) is 17.8. The lowest BCUT2D eigenvalue weighted by Gasteiger charge is -2.22. The van der Waals surface area contributed by atoms with E-state index in [1.165, 1.54) is 19.3 Å². The topological polar surface area (TPSA) is 103 Å². The first-order valence-electron chi connectivity index (χ1n) is 8.82. The molecule has 0 radical (unpaired) electrons. The summed E-state index contributed by atoms with van der Waals surface area (Å²) in [6.07, 6.45) is 6.33. The van der Waals surface area contributed by atoms with E-state index in [2.05, 4.69) is 10.6 Å². The summed E-state index contributed by atoms with van der Waals surface area (Å²) in [5.41, 5.74) is 6.76. The smallest absolute Gasteiger partial charge is 0.246 e. The Bertz CT molecular complexity index is 656. The molecular weight excluding hydrogens is 322 g/mol. The van der Waals surface area contributed by atoms with Crippen molar-refractivity contribution in [3.8, 4) is 11.5 Å². The molecule has 0 spiro atoms. The molecule has 1 aliphatic heterocycles. The van der Waals surface area contributed by atoms with E-state index >= 15 is 0 Å². The molecule has 1 aliphatic carbocycles. The van der Waals surface area contributed by atoms with Gasteiger partial charge in [0, 0.05) is 18.6 Å². The van der Waals surface area contributed by atoms with Crippen molar-refractivity contribution in [1.29, 1.82) is 0 Å². The number of anilines is 2. The number of rotatable bonds is 5. The van der Waals surface area contributed by atoms with Crippen LogP contribution in [0.3, 0.4) is 0 Å². The molecule has 1 unspecified atom stereocenters. The van der Waals surface area contributed by atoms with E-state index in [1.54, 1.807) is 19.1 Å². The monoisotopic (exact) mass is 347 g/mol. The highest BCUT2D eigenvalue weighted by Gasteiger charge is 2.22. The Hall–Kier alpha value is -2.44. The van der Waals surface area contributed by atoms with Crippen molar-refractivity contribution in [1.82, 2.24) is 5.32 Å². The third-order valence-corrected chi connectivity index (χ3v) is 4.77. The van der Waals surface area contributed by atoms with Crippen LogP contribution in [0, 0.1) is 5.92 Å². The summed E-state index contributed by atoms with van der Waals surface area (Å²) in [5, 5.41) is 5.51. The van der Waals surface area contributed by atoms with Crippen LogP contribution in [0.15, 0.2) is 12.1 Å². The van der Waals surface area contributed by atoms with Crippen molar-refractivity contribution in [2.75, 3.05) is 17.8 Å². The predicted molar refractivity (Wildman–Crippen MR) is 94.4 cm³/mol. The molecule has 0 saturated heterocycles. The fourth-order valence-electron chi connectivity index (χ4n) is 3.33. The van der Waals surface area contributed by atoms with E-state index in [0.717, 1.165) is 12.8 Å². The molecular formula is C18H25N3O4. The Balaban J connectivity index is 1.53. The van der Waals surface area contributed by atoms with Gasteiger partial charge in [-0.15, -0.1) is 0 Å². The van der Waals surface area contributed by atoms with Crippen molar-refractivity contribution < 1.29 is 19.1 Å². The van der Waals surface area contributed by atoms with Crippen molar-refractivity contribution in [3.63, 3.8) is 0 Å². The first-order valence-corrected chi connectivity index (χ1v) is 8.82. The average Bonchev–Trinajstić information content (AvgIpc) is 3.02. The number of hydrogen-bond donors (Lipinski definition) is 3. The average molecular weight is 347 g/mol. The van der Waals surface area contributed by atoms with Crippen LogP contribution in [0.4, 0.5) is 11.4 Å². The van der Waals surface area contributed by atoms with Crippen LogP contribution in [0.2, 0.25) is 0 Å². The molecule has 1 heterocycles. The summed E-state index contributed by atoms with van der Waals surface area (Å²) in [6.45, 7) is 1.80. The van der Waals surface area contributed by atoms with Crippen LogP contribution >= 0.6 is 0 Å². The predicted octanol–water partition coefficient (Wildman–Crippen LogP) is 2.41. The highest BCUT2D eigenvalue weighted by atomic mass is 16.7. The van der Waals surface area contributed by atoms with Crippen LogP contribution in [0.5, 0.6) is 11.5 Å². The Labute approximate surface area is 147 Å². The third-order valence-electron chi connectivity index (χ3n) is 4.77. The van der Waals surface area contributed by atoms with E-state index in [0.29, 0.717) is 35.2 Å². The molecule has 25 heavy (non-hydrogen) atoms. The molecule has 0 aromatic heterocycles. The van der Waals surface area contributed by atoms with Crippen LogP contribution in [-0.4, -0.2) is 24.6 Å². The highest BCUT2D eigenvalue weighted by molar-refractivity contribution is 5.99. The molecule has 2 aliphatic rings. The standard InChI is InChI=1S/C18H25N3O4/c1-11(20-17(22)7-12-5-3-2-4-6-12)18(23)21-14-9-16-15(8-13(14)19)24-10-25-16/h8-9,11-12H,2-7,10,19H2,1H3,(H,20,22)(H,21,23). The molecule has 2 amide bonds. The zero-order valence-corrected chi connectivity index (χ0v) is 14.5. The van der Waals surface area contributed by atoms with Crippen LogP contribution in [-0.2, 0) is 9.59 Å². The minimum Gasteiger partial charge on any atom is -0.454 e. The maximum absolute atomic E-state index is 12.3. The van der Waals surface area contributed by atoms with Crippen LogP contribution < -0.4 is 25.8 Å². The second kappa shape index (κ2) is 7.63. The summed E-state index contributed by atoms with van der Waals surface area (Å²) >= 11 is 0. The quantitative estimate of drug-likeness (QED) is 0.710. The Morgan fingerprint density at radius 2 is 1.88 bits per heavy atom. The largest absolute Gasteiger partial charge is 0.454 e. The number of benzene rings is 1. The minimum atomic E-state index is -0.638. The Morgan fingerprint density at radius 1 is 1.20 bits per heavy atom. The van der Waals surface area contributed by atoms with Crippen LogP contribution in [0.25, 0.3) is 0 Å². The number of amides is 2. The fourth-order valence-corrected chi connectivity index (χ4v) is 3.33. The number of nitrogen functional groups attached to an aromatic ring is 1. The first-order chi connectivity index (χ1) is 12.0. The number of hydrogen-bond acceptors (Lipinski definition) is 5. The second-order valence-corrected chi connectivity index (χ2v) is 6.78. The van der Waals surface area contributed by atoms with Gasteiger partial charge in [-0.2, -0.15) is 0 Å². The second-order valence-electron chi connectivity index (χ2n) is 6.78. The first kappa shape index (κ1) is 17.4. The van der Waals surface area contributed by atoms with Gasteiger partial charge in [0.25, 0.3) is 0 Å². The number of nitrogens with one attached hydrogen (secondary N) is 2. The van der Waals surface area contributed by atoms with Gasteiger partial charge in [0.15, 0.2) is 11.5 Å². The van der Waals surface area contributed by atoms with Gasteiger partial charge in [0.1, 0.15) is 6.04 Å². The maximum Gasteiger partial charge on any atom is 0.246 e. The molecule has 1 aromatic rings. The van der Waals surface area contributed by atoms with Gasteiger partial charge in [0.2, 0.25) is 18.6 Å². The number of nitrogens with two attached hydrogens (primary N) is 1. The summed E-state index contributed by atoms with van der Waals surface area (Å²) in [7, 11) is 0. The van der Waals surface area contributed by atoms with E-state index in [9.17, 15) is 9.59 Å². The molecule has 7 nitrogen and oxygen atoms in total. The summed E-state index contributed by atoms with van der Waals surface area (Å²) in [5.74, 6) is 1.15. The zero-order valence-electron chi connectivity index (χ0n) is 14.5. The van der Waals surface area contributed by atoms with Gasteiger partial charge >= 0.3 is 0 Å². The van der Waals surface area contributed by atoms with E-state index < -0.39 is 6.04 Å². The van der Waals surface area contributed by atoms with Crippen molar-refractivity contribution in [3.05, 3.63) is 12.1 Å². The molecule has 1 fully saturated rings. The SMILES string of the molecule is CC(NC(=O)CC1CCCCC1)C(=O)Nc1cc2c(cc1N)OCO2. The number of ether oxygens (including phenoxy) is 2. The maximum atomic E-state index is 12.3.